The molecule has 2 aromatic rings. The van der Waals surface area contributed by atoms with Crippen LogP contribution in [-0.4, -0.2) is 28.9 Å². The fraction of sp³-hybridized carbons (Fsp3) is 0.560. The number of thiazole rings is 1. The first kappa shape index (κ1) is 24.2. The molecule has 0 aliphatic heterocycles. The molecule has 174 valence electrons. The second-order valence-electron chi connectivity index (χ2n) is 9.28. The fourth-order valence-corrected chi connectivity index (χ4v) is 4.62. The Balaban J connectivity index is 1.53. The molecule has 3 rings (SSSR count). The zero-order valence-electron chi connectivity index (χ0n) is 19.5. The Bertz CT molecular complexity index is 892. The molecule has 0 spiro atoms. The molecular formula is C25H35N3O3S. The topological polar surface area (TPSA) is 80.3 Å². The number of ether oxygens (including phenoxy) is 1. The van der Waals surface area contributed by atoms with Gasteiger partial charge in [0.1, 0.15) is 23.1 Å². The molecule has 6 nitrogen and oxygen atoms in total. The van der Waals surface area contributed by atoms with Crippen molar-refractivity contribution in [1.82, 2.24) is 15.6 Å². The molecule has 1 aromatic carbocycles. The second-order valence-corrected chi connectivity index (χ2v) is 10.2. The van der Waals surface area contributed by atoms with Gasteiger partial charge in [-0.3, -0.25) is 9.59 Å². The van der Waals surface area contributed by atoms with E-state index in [-0.39, 0.29) is 23.9 Å². The minimum atomic E-state index is -0.191. The van der Waals surface area contributed by atoms with E-state index >= 15 is 0 Å². The van der Waals surface area contributed by atoms with E-state index in [4.69, 9.17) is 4.74 Å². The van der Waals surface area contributed by atoms with Crippen molar-refractivity contribution in [1.29, 1.82) is 0 Å². The van der Waals surface area contributed by atoms with Gasteiger partial charge in [-0.05, 0) is 42.4 Å². The van der Waals surface area contributed by atoms with E-state index in [0.29, 0.717) is 30.6 Å². The van der Waals surface area contributed by atoms with Gasteiger partial charge in [0.15, 0.2) is 0 Å². The first-order valence-electron chi connectivity index (χ1n) is 11.6. The van der Waals surface area contributed by atoms with Gasteiger partial charge in [0.05, 0.1) is 0 Å². The summed E-state index contributed by atoms with van der Waals surface area (Å²) in [6, 6.07) is 7.99. The number of hydrogen-bond donors (Lipinski definition) is 2. The molecule has 1 saturated carbocycles. The van der Waals surface area contributed by atoms with Crippen LogP contribution in [0, 0.1) is 5.92 Å². The summed E-state index contributed by atoms with van der Waals surface area (Å²) in [6.07, 6.45) is 4.38. The van der Waals surface area contributed by atoms with E-state index in [0.717, 1.165) is 36.4 Å². The highest BCUT2D eigenvalue weighted by Gasteiger charge is 2.28. The molecule has 7 heteroatoms. The van der Waals surface area contributed by atoms with E-state index in [1.807, 2.05) is 26.0 Å². The van der Waals surface area contributed by atoms with Crippen LogP contribution in [0.5, 0.6) is 5.75 Å². The highest BCUT2D eigenvalue weighted by Crippen LogP contribution is 2.22. The summed E-state index contributed by atoms with van der Waals surface area (Å²) >= 11 is 1.42. The maximum atomic E-state index is 12.8. The zero-order valence-corrected chi connectivity index (χ0v) is 20.3. The molecule has 0 bridgehead atoms. The molecule has 0 saturated heterocycles. The number of carbonyl (C=O) groups is 2. The van der Waals surface area contributed by atoms with Crippen molar-refractivity contribution in [2.75, 3.05) is 0 Å². The highest BCUT2D eigenvalue weighted by atomic mass is 32.1. The van der Waals surface area contributed by atoms with E-state index in [2.05, 4.69) is 41.6 Å². The third-order valence-electron chi connectivity index (χ3n) is 5.72. The third-order valence-corrected chi connectivity index (χ3v) is 6.54. The minimum absolute atomic E-state index is 0.0193. The van der Waals surface area contributed by atoms with Crippen molar-refractivity contribution in [3.63, 3.8) is 0 Å². The van der Waals surface area contributed by atoms with Crippen LogP contribution in [0.15, 0.2) is 29.6 Å². The Kier molecular flexibility index (Phi) is 8.67. The SMILES string of the molecule is CC(C)CC(=O)N[C@H]1CCCC[C@@H]1NC(=O)c1csc(COc2ccc(C(C)C)cc2)n1. The summed E-state index contributed by atoms with van der Waals surface area (Å²) in [7, 11) is 0. The van der Waals surface area contributed by atoms with Crippen molar-refractivity contribution in [3.8, 4) is 5.75 Å². The Morgan fingerprint density at radius 3 is 2.34 bits per heavy atom. The summed E-state index contributed by atoms with van der Waals surface area (Å²) in [4.78, 5) is 29.5. The maximum Gasteiger partial charge on any atom is 0.271 e. The second kappa shape index (κ2) is 11.5. The number of nitrogens with zero attached hydrogens (tertiary/aromatic N) is 1. The molecule has 2 atom stereocenters. The first-order chi connectivity index (χ1) is 15.3. The first-order valence-corrected chi connectivity index (χ1v) is 12.5. The maximum absolute atomic E-state index is 12.8. The molecule has 0 unspecified atom stereocenters. The predicted octanol–water partition coefficient (Wildman–Crippen LogP) is 5.05. The number of rotatable bonds is 9. The lowest BCUT2D eigenvalue weighted by Gasteiger charge is -2.32. The quantitative estimate of drug-likeness (QED) is 0.552. The molecule has 32 heavy (non-hydrogen) atoms. The standard InChI is InChI=1S/C25H35N3O3S/c1-16(2)13-23(29)26-20-7-5-6-8-21(20)28-25(30)22-15-32-24(27-22)14-31-19-11-9-18(10-12-19)17(3)4/h9-12,15-17,20-21H,5-8,13-14H2,1-4H3,(H,26,29)(H,28,30)/t20-,21-/m0/s1. The summed E-state index contributed by atoms with van der Waals surface area (Å²) in [6.45, 7) is 8.71. The van der Waals surface area contributed by atoms with Crippen LogP contribution in [0.4, 0.5) is 0 Å². The Morgan fingerprint density at radius 2 is 1.72 bits per heavy atom. The van der Waals surface area contributed by atoms with E-state index in [9.17, 15) is 9.59 Å². The minimum Gasteiger partial charge on any atom is -0.486 e. The lowest BCUT2D eigenvalue weighted by atomic mass is 9.90. The van der Waals surface area contributed by atoms with Gasteiger partial charge in [-0.2, -0.15) is 0 Å². The molecular weight excluding hydrogens is 422 g/mol. The van der Waals surface area contributed by atoms with E-state index in [1.54, 1.807) is 5.38 Å². The average molecular weight is 458 g/mol. The molecule has 1 aliphatic rings. The molecule has 1 heterocycles. The van der Waals surface area contributed by atoms with Crippen LogP contribution in [0.3, 0.4) is 0 Å². The van der Waals surface area contributed by atoms with Crippen molar-refractivity contribution < 1.29 is 14.3 Å². The van der Waals surface area contributed by atoms with Gasteiger partial charge in [0, 0.05) is 23.9 Å². The summed E-state index contributed by atoms with van der Waals surface area (Å²) < 4.78 is 5.83. The van der Waals surface area contributed by atoms with E-state index < -0.39 is 0 Å². The molecule has 1 aliphatic carbocycles. The summed E-state index contributed by atoms with van der Waals surface area (Å²) in [5.74, 6) is 1.45. The van der Waals surface area contributed by atoms with Crippen molar-refractivity contribution in [3.05, 3.63) is 45.9 Å². The van der Waals surface area contributed by atoms with Gasteiger partial charge in [-0.25, -0.2) is 4.98 Å². The van der Waals surface area contributed by atoms with Crippen molar-refractivity contribution in [2.24, 2.45) is 5.92 Å². The van der Waals surface area contributed by atoms with Gasteiger partial charge in [-0.1, -0.05) is 52.7 Å². The lowest BCUT2D eigenvalue weighted by Crippen LogP contribution is -2.53. The van der Waals surface area contributed by atoms with Crippen LogP contribution in [0.25, 0.3) is 0 Å². The average Bonchev–Trinajstić information content (AvgIpc) is 3.22. The predicted molar refractivity (Wildman–Crippen MR) is 128 cm³/mol. The molecule has 1 fully saturated rings. The van der Waals surface area contributed by atoms with Crippen molar-refractivity contribution >= 4 is 23.2 Å². The normalized spacial score (nSPS) is 18.6. The Morgan fingerprint density at radius 1 is 1.06 bits per heavy atom. The molecule has 0 radical (unpaired) electrons. The summed E-state index contributed by atoms with van der Waals surface area (Å²) in [5, 5.41) is 8.74. The number of amides is 2. The van der Waals surface area contributed by atoms with Gasteiger partial charge in [-0.15, -0.1) is 11.3 Å². The van der Waals surface area contributed by atoms with Crippen molar-refractivity contribution in [2.45, 2.75) is 84.4 Å². The van der Waals surface area contributed by atoms with E-state index in [1.165, 1.54) is 16.9 Å². The molecule has 2 N–H and O–H groups in total. The molecule has 2 amide bonds. The van der Waals surface area contributed by atoms with Crippen LogP contribution in [0.1, 0.15) is 86.8 Å². The smallest absolute Gasteiger partial charge is 0.271 e. The van der Waals surface area contributed by atoms with Crippen LogP contribution in [0.2, 0.25) is 0 Å². The monoisotopic (exact) mass is 457 g/mol. The number of benzene rings is 1. The highest BCUT2D eigenvalue weighted by molar-refractivity contribution is 7.09. The zero-order chi connectivity index (χ0) is 23.1. The van der Waals surface area contributed by atoms with Gasteiger partial charge in [0.25, 0.3) is 5.91 Å². The number of carbonyl (C=O) groups excluding carboxylic acids is 2. The number of nitrogens with one attached hydrogen (secondary N) is 2. The van der Waals surface area contributed by atoms with Crippen LogP contribution < -0.4 is 15.4 Å². The molecule has 1 aromatic heterocycles. The third kappa shape index (κ3) is 7.05. The Labute approximate surface area is 195 Å². The van der Waals surface area contributed by atoms with Gasteiger partial charge in [0.2, 0.25) is 5.91 Å². The van der Waals surface area contributed by atoms with Crippen LogP contribution in [-0.2, 0) is 11.4 Å². The van der Waals surface area contributed by atoms with Gasteiger partial charge >= 0.3 is 0 Å². The lowest BCUT2D eigenvalue weighted by molar-refractivity contribution is -0.122. The van der Waals surface area contributed by atoms with Crippen LogP contribution >= 0.6 is 11.3 Å². The number of aromatic nitrogens is 1. The largest absolute Gasteiger partial charge is 0.486 e. The fourth-order valence-electron chi connectivity index (χ4n) is 3.93. The Hall–Kier alpha value is -2.41. The van der Waals surface area contributed by atoms with Gasteiger partial charge < -0.3 is 15.4 Å². The number of hydrogen-bond acceptors (Lipinski definition) is 5. The summed E-state index contributed by atoms with van der Waals surface area (Å²) in [5.41, 5.74) is 1.67.